The van der Waals surface area contributed by atoms with Crippen LogP contribution in [0.4, 0.5) is 0 Å². The van der Waals surface area contributed by atoms with Gasteiger partial charge in [0.05, 0.1) is 12.7 Å². The third-order valence-electron chi connectivity index (χ3n) is 2.78. The number of rotatable bonds is 3. The molecule has 1 aliphatic heterocycles. The largest absolute Gasteiger partial charge is 0.374 e. The Morgan fingerprint density at radius 3 is 3.12 bits per heavy atom. The summed E-state index contributed by atoms with van der Waals surface area (Å²) < 4.78 is 5.53. The molecular weight excluding hydrogens is 224 g/mol. The van der Waals surface area contributed by atoms with Gasteiger partial charge in [0.1, 0.15) is 0 Å². The van der Waals surface area contributed by atoms with E-state index in [0.717, 1.165) is 31.3 Å². The minimum Gasteiger partial charge on any atom is -0.374 e. The average molecular weight is 241 g/mol. The number of halogens is 1. The molecule has 2 rings (SSSR count). The Bertz CT molecular complexity index is 346. The smallest absolute Gasteiger partial charge is 0.0824 e. The van der Waals surface area contributed by atoms with E-state index in [9.17, 15) is 0 Å². The molecular formula is C12H17ClN2O. The van der Waals surface area contributed by atoms with Gasteiger partial charge in [0.2, 0.25) is 0 Å². The maximum absolute atomic E-state index is 5.96. The van der Waals surface area contributed by atoms with Crippen molar-refractivity contribution in [2.24, 2.45) is 5.73 Å². The van der Waals surface area contributed by atoms with Crippen LogP contribution >= 0.6 is 11.6 Å². The predicted molar refractivity (Wildman–Crippen MR) is 65.5 cm³/mol. The highest BCUT2D eigenvalue weighted by Gasteiger charge is 2.18. The first-order chi connectivity index (χ1) is 7.78. The van der Waals surface area contributed by atoms with Gasteiger partial charge >= 0.3 is 0 Å². The van der Waals surface area contributed by atoms with Crippen molar-refractivity contribution < 1.29 is 4.74 Å². The first-order valence-corrected chi connectivity index (χ1v) is 5.94. The zero-order valence-corrected chi connectivity index (χ0v) is 9.99. The minimum atomic E-state index is 0.174. The van der Waals surface area contributed by atoms with Crippen molar-refractivity contribution in [1.29, 1.82) is 0 Å². The Morgan fingerprint density at radius 1 is 1.50 bits per heavy atom. The molecule has 1 fully saturated rings. The second-order valence-corrected chi connectivity index (χ2v) is 4.53. The summed E-state index contributed by atoms with van der Waals surface area (Å²) in [7, 11) is 0. The van der Waals surface area contributed by atoms with E-state index >= 15 is 0 Å². The van der Waals surface area contributed by atoms with Crippen LogP contribution in [0, 0.1) is 0 Å². The van der Waals surface area contributed by atoms with Crippen LogP contribution in [0.15, 0.2) is 24.3 Å². The molecule has 88 valence electrons. The molecule has 1 saturated heterocycles. The van der Waals surface area contributed by atoms with E-state index in [2.05, 4.69) is 11.0 Å². The molecule has 1 aromatic rings. The van der Waals surface area contributed by atoms with E-state index < -0.39 is 0 Å². The van der Waals surface area contributed by atoms with Gasteiger partial charge < -0.3 is 10.5 Å². The zero-order chi connectivity index (χ0) is 11.4. The number of morpholine rings is 1. The highest BCUT2D eigenvalue weighted by molar-refractivity contribution is 6.30. The molecule has 1 aliphatic rings. The number of nitrogens with zero attached hydrogens (tertiary/aromatic N) is 1. The Morgan fingerprint density at radius 2 is 2.38 bits per heavy atom. The number of hydrogen-bond acceptors (Lipinski definition) is 3. The lowest BCUT2D eigenvalue weighted by Gasteiger charge is -2.32. The van der Waals surface area contributed by atoms with Crippen LogP contribution in [0.3, 0.4) is 0 Å². The van der Waals surface area contributed by atoms with Crippen molar-refractivity contribution in [3.8, 4) is 0 Å². The highest BCUT2D eigenvalue weighted by Crippen LogP contribution is 2.14. The van der Waals surface area contributed by atoms with Crippen LogP contribution in [0.1, 0.15) is 5.56 Å². The lowest BCUT2D eigenvalue weighted by atomic mass is 10.2. The predicted octanol–water partition coefficient (Wildman–Crippen LogP) is 1.50. The van der Waals surface area contributed by atoms with Crippen molar-refractivity contribution in [2.75, 3.05) is 26.2 Å². The van der Waals surface area contributed by atoms with Crippen LogP contribution in [-0.2, 0) is 11.3 Å². The summed E-state index contributed by atoms with van der Waals surface area (Å²) in [6.07, 6.45) is 0.174. The highest BCUT2D eigenvalue weighted by atomic mass is 35.5. The Kier molecular flexibility index (Phi) is 4.18. The molecule has 0 amide bonds. The van der Waals surface area contributed by atoms with Crippen molar-refractivity contribution in [2.45, 2.75) is 12.6 Å². The van der Waals surface area contributed by atoms with Crippen LogP contribution in [-0.4, -0.2) is 37.2 Å². The summed E-state index contributed by atoms with van der Waals surface area (Å²) in [4.78, 5) is 2.35. The molecule has 0 spiro atoms. The molecule has 0 aromatic heterocycles. The summed E-state index contributed by atoms with van der Waals surface area (Å²) in [6.45, 7) is 4.14. The lowest BCUT2D eigenvalue weighted by molar-refractivity contribution is -0.0260. The van der Waals surface area contributed by atoms with Gasteiger partial charge in [0.15, 0.2) is 0 Å². The van der Waals surface area contributed by atoms with E-state index in [1.54, 1.807) is 0 Å². The lowest BCUT2D eigenvalue weighted by Crippen LogP contribution is -2.45. The fraction of sp³-hybridized carbons (Fsp3) is 0.500. The molecule has 16 heavy (non-hydrogen) atoms. The maximum atomic E-state index is 5.96. The third kappa shape index (κ3) is 3.19. The Labute approximate surface area is 101 Å². The average Bonchev–Trinajstić information content (AvgIpc) is 2.29. The van der Waals surface area contributed by atoms with Crippen molar-refractivity contribution >= 4 is 11.6 Å². The van der Waals surface area contributed by atoms with Crippen LogP contribution < -0.4 is 5.73 Å². The van der Waals surface area contributed by atoms with Crippen molar-refractivity contribution in [3.63, 3.8) is 0 Å². The second kappa shape index (κ2) is 5.64. The molecule has 1 heterocycles. The van der Waals surface area contributed by atoms with Gasteiger partial charge in [-0.2, -0.15) is 0 Å². The summed E-state index contributed by atoms with van der Waals surface area (Å²) in [5, 5.41) is 0.793. The fourth-order valence-corrected chi connectivity index (χ4v) is 2.17. The number of ether oxygens (including phenoxy) is 1. The fourth-order valence-electron chi connectivity index (χ4n) is 1.96. The second-order valence-electron chi connectivity index (χ2n) is 4.09. The summed E-state index contributed by atoms with van der Waals surface area (Å²) in [5.41, 5.74) is 6.85. The van der Waals surface area contributed by atoms with E-state index in [1.807, 2.05) is 18.2 Å². The van der Waals surface area contributed by atoms with E-state index in [1.165, 1.54) is 5.56 Å². The molecule has 2 N–H and O–H groups in total. The first-order valence-electron chi connectivity index (χ1n) is 5.56. The first kappa shape index (κ1) is 11.9. The molecule has 0 aliphatic carbocycles. The Balaban J connectivity index is 1.94. The summed E-state index contributed by atoms with van der Waals surface area (Å²) in [5.74, 6) is 0. The van der Waals surface area contributed by atoms with Crippen molar-refractivity contribution in [1.82, 2.24) is 4.90 Å². The molecule has 3 nitrogen and oxygen atoms in total. The molecule has 0 radical (unpaired) electrons. The van der Waals surface area contributed by atoms with Crippen LogP contribution in [0.25, 0.3) is 0 Å². The minimum absolute atomic E-state index is 0.174. The molecule has 1 atom stereocenters. The monoisotopic (exact) mass is 240 g/mol. The van der Waals surface area contributed by atoms with Gasteiger partial charge in [-0.1, -0.05) is 23.7 Å². The van der Waals surface area contributed by atoms with Crippen LogP contribution in [0.2, 0.25) is 5.02 Å². The van der Waals surface area contributed by atoms with E-state index in [4.69, 9.17) is 22.1 Å². The molecule has 4 heteroatoms. The molecule has 0 bridgehead atoms. The molecule has 0 saturated carbocycles. The van der Waals surface area contributed by atoms with Gasteiger partial charge in [-0.3, -0.25) is 4.90 Å². The molecule has 1 aromatic carbocycles. The standard InChI is InChI=1S/C12H17ClN2O/c13-11-3-1-2-10(6-11)8-15-4-5-16-12(7-14)9-15/h1-3,6,12H,4-5,7-9,14H2/t12-/m0/s1. The molecule has 0 unspecified atom stereocenters. The SMILES string of the molecule is NC[C@H]1CN(Cc2cccc(Cl)c2)CCO1. The maximum Gasteiger partial charge on any atom is 0.0824 e. The van der Waals surface area contributed by atoms with Crippen LogP contribution in [0.5, 0.6) is 0 Å². The summed E-state index contributed by atoms with van der Waals surface area (Å²) >= 11 is 5.96. The van der Waals surface area contributed by atoms with Gasteiger partial charge in [-0.15, -0.1) is 0 Å². The topological polar surface area (TPSA) is 38.5 Å². The van der Waals surface area contributed by atoms with E-state index in [-0.39, 0.29) is 6.10 Å². The normalized spacial score (nSPS) is 22.2. The van der Waals surface area contributed by atoms with Gasteiger partial charge in [-0.25, -0.2) is 0 Å². The summed E-state index contributed by atoms with van der Waals surface area (Å²) in [6, 6.07) is 7.98. The number of hydrogen-bond donors (Lipinski definition) is 1. The van der Waals surface area contributed by atoms with Gasteiger partial charge in [0.25, 0.3) is 0 Å². The third-order valence-corrected chi connectivity index (χ3v) is 3.02. The zero-order valence-electron chi connectivity index (χ0n) is 9.23. The number of benzene rings is 1. The Hall–Kier alpha value is -0.610. The van der Waals surface area contributed by atoms with E-state index in [0.29, 0.717) is 6.54 Å². The van der Waals surface area contributed by atoms with Gasteiger partial charge in [-0.05, 0) is 17.7 Å². The van der Waals surface area contributed by atoms with Gasteiger partial charge in [0, 0.05) is 31.2 Å². The van der Waals surface area contributed by atoms with Crippen molar-refractivity contribution in [3.05, 3.63) is 34.9 Å². The quantitative estimate of drug-likeness (QED) is 0.870. The number of nitrogens with two attached hydrogens (primary N) is 1.